The van der Waals surface area contributed by atoms with Gasteiger partial charge in [-0.05, 0) is 30.4 Å². The van der Waals surface area contributed by atoms with E-state index in [0.717, 1.165) is 32.1 Å². The lowest BCUT2D eigenvalue weighted by Gasteiger charge is -2.35. The number of nitrogens with one attached hydrogen (secondary N) is 1. The first-order valence-corrected chi connectivity index (χ1v) is 7.66. The van der Waals surface area contributed by atoms with E-state index in [2.05, 4.69) is 5.32 Å². The molecule has 0 radical (unpaired) electrons. The number of amides is 1. The van der Waals surface area contributed by atoms with Crippen molar-refractivity contribution in [2.75, 3.05) is 5.32 Å². The zero-order chi connectivity index (χ0) is 16.9. The average Bonchev–Trinajstić information content (AvgIpc) is 2.47. The van der Waals surface area contributed by atoms with Gasteiger partial charge in [0.05, 0.1) is 11.3 Å². The molecule has 0 saturated heterocycles. The molecule has 0 bridgehead atoms. The van der Waals surface area contributed by atoms with Crippen molar-refractivity contribution >= 4 is 23.3 Å². The van der Waals surface area contributed by atoms with Crippen molar-refractivity contribution in [2.24, 2.45) is 5.41 Å². The lowest BCUT2D eigenvalue weighted by atomic mass is 9.69. The molecule has 2 rings (SSSR count). The van der Waals surface area contributed by atoms with Gasteiger partial charge in [0.1, 0.15) is 0 Å². The molecule has 23 heavy (non-hydrogen) atoms. The van der Waals surface area contributed by atoms with Gasteiger partial charge in [0, 0.05) is 24.2 Å². The fourth-order valence-corrected chi connectivity index (χ4v) is 3.25. The van der Waals surface area contributed by atoms with E-state index in [9.17, 15) is 19.7 Å². The van der Waals surface area contributed by atoms with Crippen LogP contribution in [-0.4, -0.2) is 21.9 Å². The number of carboxylic acids is 1. The summed E-state index contributed by atoms with van der Waals surface area (Å²) >= 11 is 0. The Labute approximate surface area is 133 Å². The molecule has 0 heterocycles. The minimum atomic E-state index is -0.880. The van der Waals surface area contributed by atoms with Crippen LogP contribution in [0.1, 0.15) is 44.9 Å². The molecule has 7 heteroatoms. The number of carbonyl (C=O) groups is 2. The van der Waals surface area contributed by atoms with Crippen LogP contribution in [0, 0.1) is 15.5 Å². The second-order valence-electron chi connectivity index (χ2n) is 6.16. The topological polar surface area (TPSA) is 110 Å². The quantitative estimate of drug-likeness (QED) is 0.617. The van der Waals surface area contributed by atoms with Gasteiger partial charge < -0.3 is 10.4 Å². The molecule has 1 aromatic carbocycles. The van der Waals surface area contributed by atoms with Crippen LogP contribution in [0.15, 0.2) is 24.3 Å². The third-order valence-electron chi connectivity index (χ3n) is 4.34. The second kappa shape index (κ2) is 7.21. The lowest BCUT2D eigenvalue weighted by Crippen LogP contribution is -2.32. The van der Waals surface area contributed by atoms with Crippen molar-refractivity contribution in [3.05, 3.63) is 34.4 Å². The number of aliphatic carboxylic acids is 1. The molecule has 1 fully saturated rings. The molecule has 1 aliphatic rings. The van der Waals surface area contributed by atoms with E-state index in [4.69, 9.17) is 5.11 Å². The van der Waals surface area contributed by atoms with E-state index in [1.54, 1.807) is 0 Å². The standard InChI is InChI=1S/C16H20N2O5/c19-14(17-12-4-6-13(7-5-12)18(22)23)10-16(11-15(20)21)8-2-1-3-9-16/h4-7H,1-3,8-11H2,(H,17,19)(H,20,21). The predicted molar refractivity (Wildman–Crippen MR) is 84.1 cm³/mol. The molecule has 0 unspecified atom stereocenters. The lowest BCUT2D eigenvalue weighted by molar-refractivity contribution is -0.384. The van der Waals surface area contributed by atoms with E-state index in [0.29, 0.717) is 5.69 Å². The summed E-state index contributed by atoms with van der Waals surface area (Å²) in [6, 6.07) is 5.59. The monoisotopic (exact) mass is 320 g/mol. The fourth-order valence-electron chi connectivity index (χ4n) is 3.25. The van der Waals surface area contributed by atoms with E-state index in [1.165, 1.54) is 24.3 Å². The minimum absolute atomic E-state index is 0.000676. The van der Waals surface area contributed by atoms with Crippen molar-refractivity contribution in [1.29, 1.82) is 0 Å². The van der Waals surface area contributed by atoms with Crippen molar-refractivity contribution < 1.29 is 19.6 Å². The maximum atomic E-state index is 12.2. The van der Waals surface area contributed by atoms with Crippen LogP contribution in [0.4, 0.5) is 11.4 Å². The summed E-state index contributed by atoms with van der Waals surface area (Å²) in [6.45, 7) is 0. The van der Waals surface area contributed by atoms with Crippen LogP contribution >= 0.6 is 0 Å². The molecule has 0 spiro atoms. The summed E-state index contributed by atoms with van der Waals surface area (Å²) in [7, 11) is 0. The predicted octanol–water partition coefficient (Wildman–Crippen LogP) is 3.35. The van der Waals surface area contributed by atoms with Gasteiger partial charge in [-0.3, -0.25) is 19.7 Å². The number of nitrogens with zero attached hydrogens (tertiary/aromatic N) is 1. The summed E-state index contributed by atoms with van der Waals surface area (Å²) in [5.74, 6) is -1.13. The van der Waals surface area contributed by atoms with Gasteiger partial charge in [0.2, 0.25) is 5.91 Å². The van der Waals surface area contributed by atoms with Crippen LogP contribution in [0.2, 0.25) is 0 Å². The van der Waals surface area contributed by atoms with Gasteiger partial charge in [-0.2, -0.15) is 0 Å². The SMILES string of the molecule is O=C(O)CC1(CC(=O)Nc2ccc([N+](=O)[O-])cc2)CCCCC1. The molecule has 1 aliphatic carbocycles. The molecule has 124 valence electrons. The Hall–Kier alpha value is -2.44. The maximum Gasteiger partial charge on any atom is 0.303 e. The van der Waals surface area contributed by atoms with Gasteiger partial charge >= 0.3 is 5.97 Å². The minimum Gasteiger partial charge on any atom is -0.481 e. The van der Waals surface area contributed by atoms with Crippen LogP contribution in [-0.2, 0) is 9.59 Å². The van der Waals surface area contributed by atoms with Gasteiger partial charge in [0.25, 0.3) is 5.69 Å². The summed E-state index contributed by atoms with van der Waals surface area (Å²) in [6.07, 6.45) is 4.61. The van der Waals surface area contributed by atoms with E-state index in [1.807, 2.05) is 0 Å². The number of hydrogen-bond acceptors (Lipinski definition) is 4. The highest BCUT2D eigenvalue weighted by Crippen LogP contribution is 2.42. The number of benzene rings is 1. The highest BCUT2D eigenvalue weighted by atomic mass is 16.6. The summed E-state index contributed by atoms with van der Waals surface area (Å²) in [5, 5.41) is 22.4. The summed E-state index contributed by atoms with van der Waals surface area (Å²) < 4.78 is 0. The van der Waals surface area contributed by atoms with Gasteiger partial charge in [-0.25, -0.2) is 0 Å². The molecule has 0 aromatic heterocycles. The number of rotatable bonds is 6. The number of carboxylic acid groups (broad SMARTS) is 1. The second-order valence-corrected chi connectivity index (χ2v) is 6.16. The number of anilines is 1. The largest absolute Gasteiger partial charge is 0.481 e. The van der Waals surface area contributed by atoms with Crippen molar-refractivity contribution in [3.8, 4) is 0 Å². The molecule has 7 nitrogen and oxygen atoms in total. The van der Waals surface area contributed by atoms with Crippen molar-refractivity contribution in [2.45, 2.75) is 44.9 Å². The van der Waals surface area contributed by atoms with Crippen LogP contribution < -0.4 is 5.32 Å². The highest BCUT2D eigenvalue weighted by molar-refractivity contribution is 5.91. The maximum absolute atomic E-state index is 12.2. The van der Waals surface area contributed by atoms with Crippen LogP contribution in [0.3, 0.4) is 0 Å². The Morgan fingerprint density at radius 3 is 2.26 bits per heavy atom. The Bertz CT molecular complexity index is 591. The molecule has 1 aromatic rings. The zero-order valence-corrected chi connectivity index (χ0v) is 12.8. The molecule has 0 aliphatic heterocycles. The smallest absolute Gasteiger partial charge is 0.303 e. The number of nitro groups is 1. The molecular formula is C16H20N2O5. The summed E-state index contributed by atoms with van der Waals surface area (Å²) in [4.78, 5) is 33.5. The van der Waals surface area contributed by atoms with Gasteiger partial charge in [-0.1, -0.05) is 19.3 Å². The first kappa shape index (κ1) is 16.9. The van der Waals surface area contributed by atoms with Crippen LogP contribution in [0.25, 0.3) is 0 Å². The Morgan fingerprint density at radius 1 is 1.13 bits per heavy atom. The fraction of sp³-hybridized carbons (Fsp3) is 0.500. The van der Waals surface area contributed by atoms with Gasteiger partial charge in [0.15, 0.2) is 0 Å². The third-order valence-corrected chi connectivity index (χ3v) is 4.34. The molecule has 0 atom stereocenters. The van der Waals surface area contributed by atoms with Crippen LogP contribution in [0.5, 0.6) is 0 Å². The first-order valence-electron chi connectivity index (χ1n) is 7.66. The van der Waals surface area contributed by atoms with Crippen molar-refractivity contribution in [3.63, 3.8) is 0 Å². The third kappa shape index (κ3) is 4.77. The van der Waals surface area contributed by atoms with Gasteiger partial charge in [-0.15, -0.1) is 0 Å². The van der Waals surface area contributed by atoms with Crippen molar-refractivity contribution in [1.82, 2.24) is 0 Å². The molecule has 2 N–H and O–H groups in total. The normalized spacial score (nSPS) is 16.5. The Balaban J connectivity index is 2.01. The van der Waals surface area contributed by atoms with E-state index >= 15 is 0 Å². The molecular weight excluding hydrogens is 300 g/mol. The number of nitro benzene ring substituents is 1. The highest BCUT2D eigenvalue weighted by Gasteiger charge is 2.36. The molecule has 1 amide bonds. The van der Waals surface area contributed by atoms with E-state index < -0.39 is 16.3 Å². The Morgan fingerprint density at radius 2 is 1.74 bits per heavy atom. The number of non-ortho nitro benzene ring substituents is 1. The Kier molecular flexibility index (Phi) is 5.31. The average molecular weight is 320 g/mol. The molecule has 1 saturated carbocycles. The number of carbonyl (C=O) groups excluding carboxylic acids is 1. The zero-order valence-electron chi connectivity index (χ0n) is 12.8. The first-order chi connectivity index (χ1) is 10.9. The van der Waals surface area contributed by atoms with E-state index in [-0.39, 0.29) is 24.4 Å². The summed E-state index contributed by atoms with van der Waals surface area (Å²) in [5.41, 5.74) is -0.0471. The number of hydrogen-bond donors (Lipinski definition) is 2.